The summed E-state index contributed by atoms with van der Waals surface area (Å²) in [6.07, 6.45) is 4.28. The van der Waals surface area contributed by atoms with Crippen LogP contribution in [0.15, 0.2) is 30.5 Å². The molecule has 7 N–H and O–H groups in total. The SMILES string of the molecule is CSCCC(NC(=O)C(NC(=O)C(N)Cc1c[nH]c2ccccc12)C(C)C)C(=O)NC(C(=O)O)C(C)C. The summed E-state index contributed by atoms with van der Waals surface area (Å²) in [5, 5.41) is 18.4. The predicted octanol–water partition coefficient (Wildman–Crippen LogP) is 1.64. The van der Waals surface area contributed by atoms with E-state index in [1.54, 1.807) is 27.7 Å². The van der Waals surface area contributed by atoms with Crippen LogP contribution in [0, 0.1) is 11.8 Å². The maximum Gasteiger partial charge on any atom is 0.326 e. The molecule has 1 heterocycles. The molecule has 0 saturated carbocycles. The summed E-state index contributed by atoms with van der Waals surface area (Å²) in [5.74, 6) is -2.76. The van der Waals surface area contributed by atoms with Crippen molar-refractivity contribution in [3.63, 3.8) is 0 Å². The summed E-state index contributed by atoms with van der Waals surface area (Å²) in [6, 6.07) is 3.88. The summed E-state index contributed by atoms with van der Waals surface area (Å²) in [6.45, 7) is 6.95. The van der Waals surface area contributed by atoms with E-state index in [1.165, 1.54) is 11.8 Å². The first-order chi connectivity index (χ1) is 17.5. The number of H-pyrrole nitrogens is 1. The van der Waals surface area contributed by atoms with Gasteiger partial charge in [0, 0.05) is 17.1 Å². The number of carboxylic acid groups (broad SMARTS) is 1. The number of amides is 3. The highest BCUT2D eigenvalue weighted by Crippen LogP contribution is 2.19. The van der Waals surface area contributed by atoms with E-state index in [0.717, 1.165) is 16.5 Å². The summed E-state index contributed by atoms with van der Waals surface area (Å²) in [4.78, 5) is 53.7. The molecule has 0 aliphatic heterocycles. The van der Waals surface area contributed by atoms with Crippen molar-refractivity contribution in [2.75, 3.05) is 12.0 Å². The van der Waals surface area contributed by atoms with E-state index in [-0.39, 0.29) is 18.3 Å². The third-order valence-corrected chi connectivity index (χ3v) is 6.82. The van der Waals surface area contributed by atoms with E-state index in [9.17, 15) is 24.3 Å². The number of aromatic nitrogens is 1. The first-order valence-electron chi connectivity index (χ1n) is 12.4. The molecule has 0 bridgehead atoms. The van der Waals surface area contributed by atoms with Crippen molar-refractivity contribution < 1.29 is 24.3 Å². The Balaban J connectivity index is 2.09. The quantitative estimate of drug-likeness (QED) is 0.215. The molecule has 2 aromatic rings. The number of carboxylic acids is 1. The lowest BCUT2D eigenvalue weighted by Crippen LogP contribution is -2.59. The fraction of sp³-hybridized carbons (Fsp3) is 0.538. The van der Waals surface area contributed by atoms with Gasteiger partial charge in [-0.3, -0.25) is 14.4 Å². The molecule has 2 rings (SSSR count). The van der Waals surface area contributed by atoms with E-state index >= 15 is 0 Å². The van der Waals surface area contributed by atoms with Crippen LogP contribution in [0.1, 0.15) is 39.7 Å². The molecular formula is C26H39N5O5S. The smallest absolute Gasteiger partial charge is 0.326 e. The summed E-state index contributed by atoms with van der Waals surface area (Å²) in [5.41, 5.74) is 8.04. The van der Waals surface area contributed by atoms with E-state index in [0.29, 0.717) is 12.2 Å². The van der Waals surface area contributed by atoms with Gasteiger partial charge in [-0.1, -0.05) is 45.9 Å². The van der Waals surface area contributed by atoms with Crippen LogP contribution >= 0.6 is 11.8 Å². The van der Waals surface area contributed by atoms with Gasteiger partial charge in [-0.25, -0.2) is 4.79 Å². The van der Waals surface area contributed by atoms with Crippen molar-refractivity contribution in [2.24, 2.45) is 17.6 Å². The van der Waals surface area contributed by atoms with Gasteiger partial charge in [-0.15, -0.1) is 0 Å². The third-order valence-electron chi connectivity index (χ3n) is 6.17. The molecule has 0 fully saturated rings. The zero-order chi connectivity index (χ0) is 27.7. The molecule has 11 heteroatoms. The molecule has 3 amide bonds. The third kappa shape index (κ3) is 8.50. The molecular weight excluding hydrogens is 494 g/mol. The minimum absolute atomic E-state index is 0.282. The lowest BCUT2D eigenvalue weighted by Gasteiger charge is -2.27. The lowest BCUT2D eigenvalue weighted by molar-refractivity contribution is -0.143. The topological polar surface area (TPSA) is 166 Å². The second kappa shape index (κ2) is 14.0. The number of thioether (sulfide) groups is 1. The van der Waals surface area contributed by atoms with Crippen LogP contribution in [-0.4, -0.2) is 70.0 Å². The highest BCUT2D eigenvalue weighted by Gasteiger charge is 2.32. The van der Waals surface area contributed by atoms with Crippen molar-refractivity contribution in [3.8, 4) is 0 Å². The normalized spacial score (nSPS) is 14.7. The van der Waals surface area contributed by atoms with Gasteiger partial charge >= 0.3 is 5.97 Å². The number of hydrogen-bond donors (Lipinski definition) is 6. The van der Waals surface area contributed by atoms with E-state index in [2.05, 4.69) is 20.9 Å². The summed E-state index contributed by atoms with van der Waals surface area (Å²) in [7, 11) is 0. The molecule has 204 valence electrons. The molecule has 0 radical (unpaired) electrons. The number of hydrogen-bond acceptors (Lipinski definition) is 6. The summed E-state index contributed by atoms with van der Waals surface area (Å²) < 4.78 is 0. The highest BCUT2D eigenvalue weighted by atomic mass is 32.2. The molecule has 1 aromatic heterocycles. The largest absolute Gasteiger partial charge is 0.480 e. The van der Waals surface area contributed by atoms with Crippen LogP contribution in [-0.2, 0) is 25.6 Å². The number of nitrogens with one attached hydrogen (secondary N) is 4. The Hall–Kier alpha value is -3.05. The number of carbonyl (C=O) groups is 4. The number of carbonyl (C=O) groups excluding carboxylic acids is 3. The number of aromatic amines is 1. The van der Waals surface area contributed by atoms with Gasteiger partial charge in [0.2, 0.25) is 17.7 Å². The van der Waals surface area contributed by atoms with Crippen LogP contribution in [0.5, 0.6) is 0 Å². The Kier molecular flexibility index (Phi) is 11.4. The molecule has 0 spiro atoms. The van der Waals surface area contributed by atoms with Crippen molar-refractivity contribution in [1.29, 1.82) is 0 Å². The molecule has 10 nitrogen and oxygen atoms in total. The van der Waals surface area contributed by atoms with Crippen LogP contribution < -0.4 is 21.7 Å². The van der Waals surface area contributed by atoms with Gasteiger partial charge in [0.1, 0.15) is 18.1 Å². The molecule has 0 aliphatic carbocycles. The molecule has 0 saturated heterocycles. The standard InChI is InChI=1S/C26H39N5O5S/c1-14(2)21(30-23(32)18(27)12-16-13-28-19-9-7-6-8-17(16)19)25(34)29-20(10-11-37-5)24(33)31-22(15(3)4)26(35)36/h6-9,13-15,18,20-22,28H,10-12,27H2,1-5H3,(H,29,34)(H,30,32)(H,31,33)(H,35,36). The first kappa shape index (κ1) is 30.2. The number of nitrogens with two attached hydrogens (primary N) is 1. The average Bonchev–Trinajstić information content (AvgIpc) is 3.25. The van der Waals surface area contributed by atoms with Crippen LogP contribution in [0.3, 0.4) is 0 Å². The zero-order valence-electron chi connectivity index (χ0n) is 22.0. The number of benzene rings is 1. The Bertz CT molecular complexity index is 1090. The maximum atomic E-state index is 13.2. The van der Waals surface area contributed by atoms with Gasteiger partial charge < -0.3 is 31.8 Å². The predicted molar refractivity (Wildman–Crippen MR) is 146 cm³/mol. The zero-order valence-corrected chi connectivity index (χ0v) is 22.9. The Morgan fingerprint density at radius 3 is 2.16 bits per heavy atom. The van der Waals surface area contributed by atoms with Gasteiger partial charge in [-0.05, 0) is 48.3 Å². The van der Waals surface area contributed by atoms with Crippen molar-refractivity contribution >= 4 is 46.4 Å². The maximum absolute atomic E-state index is 13.2. The monoisotopic (exact) mass is 533 g/mol. The molecule has 37 heavy (non-hydrogen) atoms. The minimum atomic E-state index is -1.14. The van der Waals surface area contributed by atoms with E-state index in [1.807, 2.05) is 36.7 Å². The lowest BCUT2D eigenvalue weighted by atomic mass is 10.00. The van der Waals surface area contributed by atoms with Crippen LogP contribution in [0.4, 0.5) is 0 Å². The van der Waals surface area contributed by atoms with Gasteiger partial charge in [-0.2, -0.15) is 11.8 Å². The number of aliphatic carboxylic acids is 1. The second-order valence-corrected chi connectivity index (χ2v) is 10.8. The van der Waals surface area contributed by atoms with Crippen LogP contribution in [0.25, 0.3) is 10.9 Å². The molecule has 1 aromatic carbocycles. The average molecular weight is 534 g/mol. The number of fused-ring (bicyclic) bond motifs is 1. The molecule has 4 atom stereocenters. The van der Waals surface area contributed by atoms with Gasteiger partial charge in [0.15, 0.2) is 0 Å². The van der Waals surface area contributed by atoms with Gasteiger partial charge in [0.05, 0.1) is 6.04 Å². The Labute approximate surface area is 221 Å². The first-order valence-corrected chi connectivity index (χ1v) is 13.8. The summed E-state index contributed by atoms with van der Waals surface area (Å²) >= 11 is 1.50. The Morgan fingerprint density at radius 2 is 1.57 bits per heavy atom. The minimum Gasteiger partial charge on any atom is -0.480 e. The van der Waals surface area contributed by atoms with E-state index < -0.39 is 47.9 Å². The Morgan fingerprint density at radius 1 is 0.946 bits per heavy atom. The number of rotatable bonds is 14. The van der Waals surface area contributed by atoms with Crippen molar-refractivity contribution in [1.82, 2.24) is 20.9 Å². The highest BCUT2D eigenvalue weighted by molar-refractivity contribution is 7.98. The molecule has 4 unspecified atom stereocenters. The van der Waals surface area contributed by atoms with Crippen molar-refractivity contribution in [2.45, 2.75) is 64.7 Å². The number of para-hydroxylation sites is 1. The fourth-order valence-corrected chi connectivity index (χ4v) is 4.43. The van der Waals surface area contributed by atoms with Crippen LogP contribution in [0.2, 0.25) is 0 Å². The van der Waals surface area contributed by atoms with Crippen molar-refractivity contribution in [3.05, 3.63) is 36.0 Å². The second-order valence-electron chi connectivity index (χ2n) is 9.81. The van der Waals surface area contributed by atoms with Gasteiger partial charge in [0.25, 0.3) is 0 Å². The fourth-order valence-electron chi connectivity index (χ4n) is 3.96. The molecule has 0 aliphatic rings. The van der Waals surface area contributed by atoms with E-state index in [4.69, 9.17) is 5.73 Å².